The van der Waals surface area contributed by atoms with Crippen LogP contribution in [0.25, 0.3) is 16.8 Å². The van der Waals surface area contributed by atoms with Gasteiger partial charge < -0.3 is 11.1 Å². The lowest BCUT2D eigenvalue weighted by atomic mass is 10.1. The Morgan fingerprint density at radius 3 is 2.84 bits per heavy atom. The molecule has 0 radical (unpaired) electrons. The number of amides is 1. The molecule has 0 spiro atoms. The molecule has 0 bridgehead atoms. The number of nitrogens with one attached hydrogen (secondary N) is 1. The second kappa shape index (κ2) is 5.91. The van der Waals surface area contributed by atoms with Crippen LogP contribution in [0.2, 0.25) is 0 Å². The Bertz CT molecular complexity index is 940. The zero-order chi connectivity index (χ0) is 17.6. The van der Waals surface area contributed by atoms with E-state index in [0.29, 0.717) is 17.5 Å². The number of hydrogen-bond acceptors (Lipinski definition) is 4. The molecule has 1 amide bonds. The Balaban J connectivity index is 1.85. The van der Waals surface area contributed by atoms with Crippen LogP contribution in [0.1, 0.15) is 36.5 Å². The maximum Gasteiger partial charge on any atom is 0.252 e. The molecule has 4 rings (SSSR count). The molecule has 3 aromatic rings. The minimum Gasteiger partial charge on any atom is -0.380 e. The third kappa shape index (κ3) is 2.65. The average molecular weight is 338 g/mol. The van der Waals surface area contributed by atoms with Crippen molar-refractivity contribution in [1.29, 1.82) is 0 Å². The number of nitrogens with two attached hydrogens (primary N) is 1. The molecule has 0 saturated heterocycles. The van der Waals surface area contributed by atoms with Gasteiger partial charge in [0.1, 0.15) is 0 Å². The largest absolute Gasteiger partial charge is 0.380 e. The smallest absolute Gasteiger partial charge is 0.252 e. The van der Waals surface area contributed by atoms with Gasteiger partial charge in [0.2, 0.25) is 0 Å². The summed E-state index contributed by atoms with van der Waals surface area (Å²) >= 11 is 0. The van der Waals surface area contributed by atoms with Gasteiger partial charge in [0, 0.05) is 31.0 Å². The van der Waals surface area contributed by atoms with E-state index in [1.54, 1.807) is 16.9 Å². The standard InChI is InChI=1S/C18H22N6O/c1-11-4-3-5-14(11)22-17-13(18(19)25)9-21-24-10-12(8-16(17)24)15-6-7-20-23(15)2/h6-11,14,22H,3-5H2,1-2H3,(H2,19,25). The molecule has 7 heteroatoms. The van der Waals surface area contributed by atoms with Gasteiger partial charge in [-0.3, -0.25) is 9.48 Å². The van der Waals surface area contributed by atoms with Crippen LogP contribution in [-0.4, -0.2) is 31.3 Å². The van der Waals surface area contributed by atoms with E-state index in [1.165, 1.54) is 12.8 Å². The van der Waals surface area contributed by atoms with Crippen molar-refractivity contribution in [3.8, 4) is 11.3 Å². The molecule has 1 fully saturated rings. The molecular formula is C18H22N6O. The first-order chi connectivity index (χ1) is 12.0. The molecule has 130 valence electrons. The fourth-order valence-electron chi connectivity index (χ4n) is 3.74. The van der Waals surface area contributed by atoms with Crippen LogP contribution in [0.3, 0.4) is 0 Å². The average Bonchev–Trinajstić information content (AvgIpc) is 3.27. The SMILES string of the molecule is CC1CCCC1Nc1c(C(N)=O)cnn2cc(-c3ccnn3C)cc12. The van der Waals surface area contributed by atoms with E-state index in [0.717, 1.165) is 28.9 Å². The van der Waals surface area contributed by atoms with Crippen LogP contribution >= 0.6 is 0 Å². The summed E-state index contributed by atoms with van der Waals surface area (Å²) in [4.78, 5) is 11.9. The number of rotatable bonds is 4. The highest BCUT2D eigenvalue weighted by Crippen LogP contribution is 2.33. The first-order valence-corrected chi connectivity index (χ1v) is 8.60. The van der Waals surface area contributed by atoms with Gasteiger partial charge in [-0.15, -0.1) is 0 Å². The summed E-state index contributed by atoms with van der Waals surface area (Å²) in [5, 5.41) is 12.2. The third-order valence-electron chi connectivity index (χ3n) is 5.21. The molecule has 0 aromatic carbocycles. The molecule has 3 heterocycles. The lowest BCUT2D eigenvalue weighted by Gasteiger charge is -2.20. The van der Waals surface area contributed by atoms with Crippen LogP contribution in [-0.2, 0) is 7.05 Å². The van der Waals surface area contributed by atoms with Gasteiger partial charge in [-0.05, 0) is 30.9 Å². The molecule has 25 heavy (non-hydrogen) atoms. The highest BCUT2D eigenvalue weighted by molar-refractivity contribution is 6.02. The Kier molecular flexibility index (Phi) is 3.71. The minimum absolute atomic E-state index is 0.347. The van der Waals surface area contributed by atoms with E-state index in [4.69, 9.17) is 5.73 Å². The summed E-state index contributed by atoms with van der Waals surface area (Å²) < 4.78 is 3.60. The molecule has 3 aromatic heterocycles. The van der Waals surface area contributed by atoms with Gasteiger partial charge in [-0.1, -0.05) is 13.3 Å². The van der Waals surface area contributed by atoms with E-state index in [2.05, 4.69) is 22.4 Å². The zero-order valence-corrected chi connectivity index (χ0v) is 14.4. The highest BCUT2D eigenvalue weighted by atomic mass is 16.1. The summed E-state index contributed by atoms with van der Waals surface area (Å²) in [6.45, 7) is 2.24. The van der Waals surface area contributed by atoms with E-state index < -0.39 is 5.91 Å². The predicted octanol–water partition coefficient (Wildman–Crippen LogP) is 2.43. The second-order valence-electron chi connectivity index (χ2n) is 6.86. The first kappa shape index (κ1) is 15.7. The highest BCUT2D eigenvalue weighted by Gasteiger charge is 2.26. The third-order valence-corrected chi connectivity index (χ3v) is 5.21. The van der Waals surface area contributed by atoms with Crippen LogP contribution in [0.15, 0.2) is 30.7 Å². The number of aryl methyl sites for hydroxylation is 1. The Labute approximate surface area is 145 Å². The van der Waals surface area contributed by atoms with Crippen LogP contribution in [0, 0.1) is 5.92 Å². The molecular weight excluding hydrogens is 316 g/mol. The maximum absolute atomic E-state index is 11.9. The van der Waals surface area contributed by atoms with Gasteiger partial charge in [0.25, 0.3) is 5.91 Å². The van der Waals surface area contributed by atoms with E-state index in [9.17, 15) is 4.79 Å². The van der Waals surface area contributed by atoms with Crippen molar-refractivity contribution in [2.45, 2.75) is 32.2 Å². The van der Waals surface area contributed by atoms with Crippen LogP contribution in [0.4, 0.5) is 5.69 Å². The van der Waals surface area contributed by atoms with Gasteiger partial charge in [-0.2, -0.15) is 10.2 Å². The molecule has 0 aliphatic heterocycles. The van der Waals surface area contributed by atoms with Gasteiger partial charge in [0.15, 0.2) is 0 Å². The van der Waals surface area contributed by atoms with E-state index in [-0.39, 0.29) is 0 Å². The summed E-state index contributed by atoms with van der Waals surface area (Å²) in [6, 6.07) is 4.33. The number of carbonyl (C=O) groups is 1. The quantitative estimate of drug-likeness (QED) is 0.764. The molecule has 1 saturated carbocycles. The summed E-state index contributed by atoms with van der Waals surface area (Å²) in [6.07, 6.45) is 8.76. The number of fused-ring (bicyclic) bond motifs is 1. The number of carbonyl (C=O) groups excluding carboxylic acids is 1. The maximum atomic E-state index is 11.9. The molecule has 1 aliphatic rings. The number of anilines is 1. The van der Waals surface area contributed by atoms with Crippen LogP contribution < -0.4 is 11.1 Å². The Morgan fingerprint density at radius 2 is 2.20 bits per heavy atom. The number of aromatic nitrogens is 4. The predicted molar refractivity (Wildman–Crippen MR) is 96.3 cm³/mol. The summed E-state index contributed by atoms with van der Waals surface area (Å²) in [5.41, 5.74) is 9.64. The van der Waals surface area contributed by atoms with Gasteiger partial charge in [-0.25, -0.2) is 4.52 Å². The molecule has 2 atom stereocenters. The van der Waals surface area contributed by atoms with Gasteiger partial charge >= 0.3 is 0 Å². The van der Waals surface area contributed by atoms with Crippen molar-refractivity contribution in [1.82, 2.24) is 19.4 Å². The van der Waals surface area contributed by atoms with Crippen molar-refractivity contribution in [2.75, 3.05) is 5.32 Å². The molecule has 3 N–H and O–H groups in total. The number of primary amides is 1. The van der Waals surface area contributed by atoms with Crippen LogP contribution in [0.5, 0.6) is 0 Å². The Morgan fingerprint density at radius 1 is 1.36 bits per heavy atom. The number of hydrogen-bond donors (Lipinski definition) is 2. The number of nitrogens with zero attached hydrogens (tertiary/aromatic N) is 4. The zero-order valence-electron chi connectivity index (χ0n) is 14.4. The topological polar surface area (TPSA) is 90.2 Å². The lowest BCUT2D eigenvalue weighted by molar-refractivity contribution is 0.100. The van der Waals surface area contributed by atoms with Crippen molar-refractivity contribution >= 4 is 17.1 Å². The van der Waals surface area contributed by atoms with Crippen molar-refractivity contribution in [3.05, 3.63) is 36.3 Å². The fraction of sp³-hybridized carbons (Fsp3) is 0.389. The summed E-state index contributed by atoms with van der Waals surface area (Å²) in [5.74, 6) is 0.104. The lowest BCUT2D eigenvalue weighted by Crippen LogP contribution is -2.25. The molecule has 1 aliphatic carbocycles. The van der Waals surface area contributed by atoms with E-state index >= 15 is 0 Å². The van der Waals surface area contributed by atoms with Gasteiger partial charge in [0.05, 0.1) is 28.7 Å². The second-order valence-corrected chi connectivity index (χ2v) is 6.86. The minimum atomic E-state index is -0.466. The fourth-order valence-corrected chi connectivity index (χ4v) is 3.74. The first-order valence-electron chi connectivity index (χ1n) is 8.60. The van der Waals surface area contributed by atoms with Crippen molar-refractivity contribution in [2.24, 2.45) is 18.7 Å². The monoisotopic (exact) mass is 338 g/mol. The molecule has 7 nitrogen and oxygen atoms in total. The Hall–Kier alpha value is -2.83. The summed E-state index contributed by atoms with van der Waals surface area (Å²) in [7, 11) is 1.90. The van der Waals surface area contributed by atoms with E-state index in [1.807, 2.05) is 30.1 Å². The normalized spacial score (nSPS) is 20.2. The van der Waals surface area contributed by atoms with Crippen molar-refractivity contribution in [3.63, 3.8) is 0 Å². The van der Waals surface area contributed by atoms with Crippen molar-refractivity contribution < 1.29 is 4.79 Å². The molecule has 2 unspecified atom stereocenters.